The zero-order valence-corrected chi connectivity index (χ0v) is 33.0. The number of likely N-dealkylation sites (tertiary alicyclic amines) is 1. The number of hydrogen-bond donors (Lipinski definition) is 5. The van der Waals surface area contributed by atoms with E-state index in [2.05, 4.69) is 10.6 Å². The normalized spacial score (nSPS) is 18.2. The van der Waals surface area contributed by atoms with E-state index in [1.807, 2.05) is 42.5 Å². The highest BCUT2D eigenvalue weighted by Gasteiger charge is 2.44. The van der Waals surface area contributed by atoms with Gasteiger partial charge in [0, 0.05) is 51.4 Å². The van der Waals surface area contributed by atoms with Crippen LogP contribution in [0.1, 0.15) is 96.5 Å². The van der Waals surface area contributed by atoms with E-state index in [0.29, 0.717) is 25.7 Å². The Morgan fingerprint density at radius 1 is 0.842 bits per heavy atom. The van der Waals surface area contributed by atoms with Gasteiger partial charge in [0.15, 0.2) is 0 Å². The molecule has 57 heavy (non-hydrogen) atoms. The summed E-state index contributed by atoms with van der Waals surface area (Å²) in [6, 6.07) is 11.9. The maximum absolute atomic E-state index is 14.5. The minimum atomic E-state index is -1.14. The third kappa shape index (κ3) is 13.5. The van der Waals surface area contributed by atoms with Crippen molar-refractivity contribution in [3.8, 4) is 0 Å². The van der Waals surface area contributed by atoms with E-state index in [9.17, 15) is 43.8 Å². The number of fused-ring (bicyclic) bond motifs is 1. The van der Waals surface area contributed by atoms with Gasteiger partial charge in [-0.05, 0) is 53.9 Å². The predicted molar refractivity (Wildman–Crippen MR) is 210 cm³/mol. The molecule has 15 nitrogen and oxygen atoms in total. The molecule has 4 atom stereocenters. The average Bonchev–Trinajstić information content (AvgIpc) is 3.62. The van der Waals surface area contributed by atoms with Gasteiger partial charge in [-0.1, -0.05) is 75.6 Å². The quantitative estimate of drug-likeness (QED) is 0.106. The van der Waals surface area contributed by atoms with Crippen molar-refractivity contribution in [2.75, 3.05) is 26.2 Å². The first-order valence-electron chi connectivity index (χ1n) is 20.1. The van der Waals surface area contributed by atoms with Crippen molar-refractivity contribution in [2.45, 2.75) is 116 Å². The lowest BCUT2D eigenvalue weighted by atomic mass is 9.77. The summed E-state index contributed by atoms with van der Waals surface area (Å²) in [4.78, 5) is 92.4. The van der Waals surface area contributed by atoms with E-state index in [0.717, 1.165) is 35.6 Å². The van der Waals surface area contributed by atoms with Gasteiger partial charge in [0.05, 0.1) is 25.6 Å². The minimum Gasteiger partial charge on any atom is -0.481 e. The van der Waals surface area contributed by atoms with Gasteiger partial charge in [-0.3, -0.25) is 33.6 Å². The number of ether oxygens (including phenoxy) is 1. The molecular formula is C42H58N4O11. The van der Waals surface area contributed by atoms with Crippen molar-refractivity contribution < 1.29 is 53.6 Å². The summed E-state index contributed by atoms with van der Waals surface area (Å²) < 4.78 is 6.36. The van der Waals surface area contributed by atoms with Gasteiger partial charge >= 0.3 is 17.9 Å². The molecule has 1 saturated carbocycles. The number of carboxylic acid groups (broad SMARTS) is 3. The summed E-state index contributed by atoms with van der Waals surface area (Å²) in [7, 11) is 0. The molecule has 1 aliphatic heterocycles. The fraction of sp³-hybridized carbons (Fsp3) is 0.595. The van der Waals surface area contributed by atoms with Gasteiger partial charge in [0.1, 0.15) is 12.1 Å². The van der Waals surface area contributed by atoms with Crippen molar-refractivity contribution in [3.05, 3.63) is 48.0 Å². The molecule has 0 unspecified atom stereocenters. The number of rotatable bonds is 22. The minimum absolute atomic E-state index is 0.0279. The van der Waals surface area contributed by atoms with Gasteiger partial charge in [-0.15, -0.1) is 0 Å². The van der Waals surface area contributed by atoms with Crippen LogP contribution in [0.25, 0.3) is 10.8 Å². The number of nitrogens with one attached hydrogen (secondary N) is 2. The number of benzene rings is 2. The molecule has 0 bridgehead atoms. The van der Waals surface area contributed by atoms with Gasteiger partial charge in [-0.25, -0.2) is 0 Å². The maximum atomic E-state index is 14.5. The fourth-order valence-electron chi connectivity index (χ4n) is 7.87. The molecule has 4 amide bonds. The number of amides is 4. The Labute approximate surface area is 333 Å². The first-order valence-corrected chi connectivity index (χ1v) is 20.1. The summed E-state index contributed by atoms with van der Waals surface area (Å²) in [5.74, 6) is -6.55. The summed E-state index contributed by atoms with van der Waals surface area (Å²) in [6.07, 6.45) is 3.54. The van der Waals surface area contributed by atoms with Crippen molar-refractivity contribution in [3.63, 3.8) is 0 Å². The van der Waals surface area contributed by atoms with E-state index in [4.69, 9.17) is 9.84 Å². The van der Waals surface area contributed by atoms with Crippen LogP contribution in [0.4, 0.5) is 0 Å². The van der Waals surface area contributed by atoms with Gasteiger partial charge in [0.2, 0.25) is 23.6 Å². The fourth-order valence-corrected chi connectivity index (χ4v) is 7.87. The first kappa shape index (κ1) is 44.7. The molecule has 15 heteroatoms. The van der Waals surface area contributed by atoms with E-state index < -0.39 is 71.6 Å². The van der Waals surface area contributed by atoms with Crippen LogP contribution < -0.4 is 10.6 Å². The molecule has 0 radical (unpaired) electrons. The molecule has 312 valence electrons. The Balaban J connectivity index is 1.53. The predicted octanol–water partition coefficient (Wildman–Crippen LogP) is 4.20. The largest absolute Gasteiger partial charge is 0.481 e. The van der Waals surface area contributed by atoms with Crippen LogP contribution in [-0.2, 0) is 44.9 Å². The number of carbonyl (C=O) groups excluding carboxylic acids is 4. The molecule has 2 aromatic carbocycles. The van der Waals surface area contributed by atoms with Gasteiger partial charge < -0.3 is 40.5 Å². The van der Waals surface area contributed by atoms with Crippen LogP contribution in [0.2, 0.25) is 0 Å². The van der Waals surface area contributed by atoms with Gasteiger partial charge in [0.25, 0.3) is 0 Å². The molecular weight excluding hydrogens is 736 g/mol. The van der Waals surface area contributed by atoms with E-state index in [-0.39, 0.29) is 70.8 Å². The SMILES string of the molecule is CC(C)[C@H](NC(=O)[C@@H](CC(=O)N(CCC(=O)O)CCC(=O)O)C1CCCCC1)C(=O)N1C[C@H](OCc2cccc3ccccc23)C[C@H]1C(=O)NCCCCC(=O)O. The van der Waals surface area contributed by atoms with Crippen molar-refractivity contribution in [1.82, 2.24) is 20.4 Å². The van der Waals surface area contributed by atoms with Crippen LogP contribution in [0, 0.1) is 17.8 Å². The Morgan fingerprint density at radius 3 is 2.14 bits per heavy atom. The number of hydrogen-bond acceptors (Lipinski definition) is 8. The molecule has 2 aromatic rings. The van der Waals surface area contributed by atoms with Crippen molar-refractivity contribution >= 4 is 52.3 Å². The summed E-state index contributed by atoms with van der Waals surface area (Å²) >= 11 is 0. The topological polar surface area (TPSA) is 220 Å². The smallest absolute Gasteiger partial charge is 0.305 e. The third-order valence-corrected chi connectivity index (χ3v) is 11.0. The summed E-state index contributed by atoms with van der Waals surface area (Å²) in [5.41, 5.74) is 0.956. The zero-order valence-electron chi connectivity index (χ0n) is 33.0. The van der Waals surface area contributed by atoms with Crippen LogP contribution in [0.5, 0.6) is 0 Å². The van der Waals surface area contributed by atoms with E-state index in [1.165, 1.54) is 9.80 Å². The average molecular weight is 795 g/mol. The molecule has 0 spiro atoms. The maximum Gasteiger partial charge on any atom is 0.305 e. The molecule has 4 rings (SSSR count). The second-order valence-electron chi connectivity index (χ2n) is 15.6. The lowest BCUT2D eigenvalue weighted by Gasteiger charge is -2.34. The zero-order chi connectivity index (χ0) is 41.5. The number of carbonyl (C=O) groups is 7. The standard InChI is InChI=1S/C42H58N4O11/c1-27(2)39(44-40(54)33(29-11-4-3-5-12-29)24-35(47)45(21-18-37(50)51)22-19-38(52)53)42(56)46-25-31(23-34(46)41(55)43-20-9-8-17-36(48)49)57-26-30-15-10-14-28-13-6-7-16-32(28)30/h6-7,10,13-16,27,29,31,33-34,39H,3-5,8-9,11-12,17-26H2,1-2H3,(H,43,55)(H,44,54)(H,48,49)(H,50,51)(H,52,53)/t31-,33+,34+,39+/m1/s1. The Bertz CT molecular complexity index is 1700. The molecule has 5 N–H and O–H groups in total. The van der Waals surface area contributed by atoms with E-state index >= 15 is 0 Å². The summed E-state index contributed by atoms with van der Waals surface area (Å²) in [5, 5.41) is 35.4. The molecule has 1 saturated heterocycles. The number of carboxylic acids is 3. The first-order chi connectivity index (χ1) is 27.2. The van der Waals surface area contributed by atoms with E-state index in [1.54, 1.807) is 13.8 Å². The Kier molecular flexibility index (Phi) is 17.3. The Morgan fingerprint density at radius 2 is 1.49 bits per heavy atom. The second-order valence-corrected chi connectivity index (χ2v) is 15.6. The lowest BCUT2D eigenvalue weighted by Crippen LogP contribution is -2.56. The molecule has 1 aliphatic carbocycles. The second kappa shape index (κ2) is 22.0. The third-order valence-electron chi connectivity index (χ3n) is 11.0. The summed E-state index contributed by atoms with van der Waals surface area (Å²) in [6.45, 7) is 3.73. The van der Waals surface area contributed by atoms with Crippen molar-refractivity contribution in [1.29, 1.82) is 0 Å². The number of nitrogens with zero attached hydrogens (tertiary/aromatic N) is 2. The number of unbranched alkanes of at least 4 members (excludes halogenated alkanes) is 1. The monoisotopic (exact) mass is 794 g/mol. The highest BCUT2D eigenvalue weighted by molar-refractivity contribution is 5.94. The van der Waals surface area contributed by atoms with Crippen molar-refractivity contribution in [2.24, 2.45) is 17.8 Å². The highest BCUT2D eigenvalue weighted by atomic mass is 16.5. The van der Waals surface area contributed by atoms with Crippen LogP contribution in [-0.4, -0.2) is 111 Å². The number of aliphatic carboxylic acids is 3. The molecule has 2 aliphatic rings. The van der Waals surface area contributed by atoms with Crippen LogP contribution >= 0.6 is 0 Å². The molecule has 2 fully saturated rings. The van der Waals surface area contributed by atoms with Crippen LogP contribution in [0.3, 0.4) is 0 Å². The van der Waals surface area contributed by atoms with Crippen LogP contribution in [0.15, 0.2) is 42.5 Å². The Hall–Kier alpha value is -5.05. The molecule has 1 heterocycles. The van der Waals surface area contributed by atoms with Gasteiger partial charge in [-0.2, -0.15) is 0 Å². The molecule has 0 aromatic heterocycles. The lowest BCUT2D eigenvalue weighted by molar-refractivity contribution is -0.145. The highest BCUT2D eigenvalue weighted by Crippen LogP contribution is 2.33.